The van der Waals surface area contributed by atoms with Crippen LogP contribution in [-0.4, -0.2) is 27.6 Å². The van der Waals surface area contributed by atoms with Crippen LogP contribution in [0.25, 0.3) is 11.0 Å². The van der Waals surface area contributed by atoms with Gasteiger partial charge >= 0.3 is 0 Å². The summed E-state index contributed by atoms with van der Waals surface area (Å²) in [6, 6.07) is 19.9. The van der Waals surface area contributed by atoms with E-state index in [9.17, 15) is 14.3 Å². The van der Waals surface area contributed by atoms with E-state index in [1.807, 2.05) is 23.1 Å². The van der Waals surface area contributed by atoms with Gasteiger partial charge in [0, 0.05) is 11.9 Å². The highest BCUT2D eigenvalue weighted by Gasteiger charge is 2.32. The summed E-state index contributed by atoms with van der Waals surface area (Å²) in [6.07, 6.45) is -0.0198. The van der Waals surface area contributed by atoms with Crippen LogP contribution in [-0.2, 0) is 17.6 Å². The van der Waals surface area contributed by atoms with Gasteiger partial charge in [-0.05, 0) is 79.8 Å². The molecule has 0 aliphatic carbocycles. The van der Waals surface area contributed by atoms with Gasteiger partial charge in [-0.15, -0.1) is 0 Å². The Morgan fingerprint density at radius 1 is 1.08 bits per heavy atom. The number of aryl methyl sites for hydroxylation is 3. The number of aromatic nitrogens is 1. The Kier molecular flexibility index (Phi) is 6.31. The van der Waals surface area contributed by atoms with Crippen molar-refractivity contribution in [2.24, 2.45) is 0 Å². The van der Waals surface area contributed by atoms with Crippen molar-refractivity contribution in [2.45, 2.75) is 45.8 Å². The molecule has 0 fully saturated rings. The van der Waals surface area contributed by atoms with Gasteiger partial charge in [-0.2, -0.15) is 0 Å². The van der Waals surface area contributed by atoms with Crippen LogP contribution < -0.4 is 0 Å². The Morgan fingerprint density at radius 2 is 1.87 bits per heavy atom. The molecule has 0 saturated carbocycles. The maximum absolute atomic E-state index is 13.7. The zero-order chi connectivity index (χ0) is 27.3. The van der Waals surface area contributed by atoms with Crippen molar-refractivity contribution >= 4 is 16.9 Å². The fourth-order valence-corrected chi connectivity index (χ4v) is 5.69. The van der Waals surface area contributed by atoms with Gasteiger partial charge in [0.15, 0.2) is 0 Å². The van der Waals surface area contributed by atoms with E-state index in [1.165, 1.54) is 23.3 Å². The first kappa shape index (κ1) is 25.1. The van der Waals surface area contributed by atoms with E-state index in [4.69, 9.17) is 8.94 Å². The van der Waals surface area contributed by atoms with E-state index >= 15 is 0 Å². The lowest BCUT2D eigenvalue weighted by molar-refractivity contribution is -0.132. The normalized spacial score (nSPS) is 15.9. The topological polar surface area (TPSA) is 79.7 Å². The molecule has 2 aromatic heterocycles. The van der Waals surface area contributed by atoms with E-state index in [1.54, 1.807) is 32.0 Å². The molecule has 1 N–H and O–H groups in total. The zero-order valence-corrected chi connectivity index (χ0v) is 22.1. The quantitative estimate of drug-likeness (QED) is 0.293. The van der Waals surface area contributed by atoms with Crippen molar-refractivity contribution in [2.75, 3.05) is 6.54 Å². The number of amides is 1. The summed E-state index contributed by atoms with van der Waals surface area (Å²) in [5.74, 6) is 0.626. The molecule has 2 atom stereocenters. The fraction of sp³-hybridized carbons (Fsp3) is 0.250. The van der Waals surface area contributed by atoms with E-state index in [-0.39, 0.29) is 24.2 Å². The maximum Gasteiger partial charge on any atom is 0.227 e. The number of rotatable bonds is 5. The lowest BCUT2D eigenvalue weighted by atomic mass is 9.87. The number of carbonyl (C=O) groups excluding carboxylic acids is 1. The number of nitrogens with zero attached hydrogens (tertiary/aromatic N) is 2. The van der Waals surface area contributed by atoms with E-state index in [2.05, 4.69) is 30.3 Å². The lowest BCUT2D eigenvalue weighted by Gasteiger charge is -2.38. The van der Waals surface area contributed by atoms with Crippen molar-refractivity contribution in [3.8, 4) is 0 Å². The van der Waals surface area contributed by atoms with Gasteiger partial charge in [0.05, 0.1) is 23.7 Å². The Morgan fingerprint density at radius 3 is 2.62 bits per heavy atom. The molecule has 1 aliphatic heterocycles. The van der Waals surface area contributed by atoms with Crippen molar-refractivity contribution in [1.29, 1.82) is 0 Å². The second-order valence-electron chi connectivity index (χ2n) is 10.3. The fourth-order valence-electron chi connectivity index (χ4n) is 5.69. The summed E-state index contributed by atoms with van der Waals surface area (Å²) in [5.41, 5.74) is 7.04. The third-order valence-electron chi connectivity index (χ3n) is 7.62. The van der Waals surface area contributed by atoms with Crippen LogP contribution in [0.1, 0.15) is 62.7 Å². The Bertz CT molecular complexity index is 1670. The molecule has 0 bridgehead atoms. The van der Waals surface area contributed by atoms with Crippen LogP contribution in [0.2, 0.25) is 0 Å². The molecule has 198 valence electrons. The second kappa shape index (κ2) is 9.82. The predicted molar refractivity (Wildman–Crippen MR) is 145 cm³/mol. The predicted octanol–water partition coefficient (Wildman–Crippen LogP) is 6.28. The Balaban J connectivity index is 1.29. The molecule has 6 nitrogen and oxygen atoms in total. The summed E-state index contributed by atoms with van der Waals surface area (Å²) in [6.45, 7) is 6.18. The lowest BCUT2D eigenvalue weighted by Crippen LogP contribution is -2.41. The van der Waals surface area contributed by atoms with Crippen molar-refractivity contribution < 1.29 is 23.2 Å². The number of aliphatic hydroxyl groups excluding tert-OH is 1. The molecule has 3 heterocycles. The minimum Gasteiger partial charge on any atom is -0.458 e. The largest absolute Gasteiger partial charge is 0.458 e. The number of carbonyl (C=O) groups is 1. The van der Waals surface area contributed by atoms with Crippen LogP contribution in [0.3, 0.4) is 0 Å². The third-order valence-corrected chi connectivity index (χ3v) is 7.62. The molecule has 1 amide bonds. The summed E-state index contributed by atoms with van der Waals surface area (Å²) in [5, 5.41) is 15.6. The number of hydrogen-bond donors (Lipinski definition) is 1. The Labute approximate surface area is 225 Å². The molecule has 1 aliphatic rings. The number of hydrogen-bond acceptors (Lipinski definition) is 5. The van der Waals surface area contributed by atoms with Gasteiger partial charge in [-0.25, -0.2) is 4.39 Å². The smallest absolute Gasteiger partial charge is 0.227 e. The van der Waals surface area contributed by atoms with Crippen molar-refractivity contribution in [3.63, 3.8) is 0 Å². The van der Waals surface area contributed by atoms with Gasteiger partial charge in [-0.1, -0.05) is 47.1 Å². The van der Waals surface area contributed by atoms with E-state index < -0.39 is 6.10 Å². The molecule has 39 heavy (non-hydrogen) atoms. The molecule has 3 aromatic carbocycles. The van der Waals surface area contributed by atoms with Crippen molar-refractivity contribution in [1.82, 2.24) is 10.1 Å². The molecule has 0 saturated heterocycles. The molecule has 6 rings (SSSR count). The maximum atomic E-state index is 13.7. The standard InChI is InChI=1S/C32H29FN2O4/c1-18-4-10-26-23(14-18)12-13-35(31(26)22-6-8-25(33)9-7-22)29(36)16-21-5-11-27-24(15-21)17-28(38-27)32(37)30-19(2)34-39-20(30)3/h4-11,14-15,17,31-32,37H,12-13,16H2,1-3H3. The first-order valence-corrected chi connectivity index (χ1v) is 13.1. The van der Waals surface area contributed by atoms with Gasteiger partial charge in [-0.3, -0.25) is 4.79 Å². The van der Waals surface area contributed by atoms with Gasteiger partial charge in [0.25, 0.3) is 0 Å². The average Bonchev–Trinajstić information content (AvgIpc) is 3.50. The van der Waals surface area contributed by atoms with Gasteiger partial charge in [0.1, 0.15) is 29.0 Å². The van der Waals surface area contributed by atoms with E-state index in [0.29, 0.717) is 34.9 Å². The molecular weight excluding hydrogens is 495 g/mol. The molecule has 5 aromatic rings. The highest BCUT2D eigenvalue weighted by Crippen LogP contribution is 2.37. The zero-order valence-electron chi connectivity index (χ0n) is 22.1. The molecular formula is C32H29FN2O4. The van der Waals surface area contributed by atoms with Crippen LogP contribution in [0, 0.1) is 26.6 Å². The highest BCUT2D eigenvalue weighted by molar-refractivity contribution is 5.84. The van der Waals surface area contributed by atoms with E-state index in [0.717, 1.165) is 28.5 Å². The van der Waals surface area contributed by atoms with Crippen LogP contribution in [0.4, 0.5) is 4.39 Å². The number of furan rings is 1. The van der Waals surface area contributed by atoms with Crippen molar-refractivity contribution in [3.05, 3.63) is 123 Å². The molecule has 2 unspecified atom stereocenters. The molecule has 0 spiro atoms. The first-order chi connectivity index (χ1) is 18.8. The highest BCUT2D eigenvalue weighted by atomic mass is 19.1. The van der Waals surface area contributed by atoms with Crippen LogP contribution >= 0.6 is 0 Å². The minimum atomic E-state index is -0.998. The number of halogens is 1. The summed E-state index contributed by atoms with van der Waals surface area (Å²) < 4.78 is 24.9. The monoisotopic (exact) mass is 524 g/mol. The Hall–Kier alpha value is -4.23. The second-order valence-corrected chi connectivity index (χ2v) is 10.3. The summed E-state index contributed by atoms with van der Waals surface area (Å²) >= 11 is 0. The van der Waals surface area contributed by atoms with Gasteiger partial charge in [0.2, 0.25) is 5.91 Å². The number of aliphatic hydroxyl groups is 1. The SMILES string of the molecule is Cc1ccc2c(c1)CCN(C(=O)Cc1ccc3oc(C(O)c4c(C)noc4C)cc3c1)C2c1ccc(F)cc1. The number of benzene rings is 3. The molecule has 7 heteroatoms. The summed E-state index contributed by atoms with van der Waals surface area (Å²) in [4.78, 5) is 15.6. The van der Waals surface area contributed by atoms with Crippen LogP contribution in [0.5, 0.6) is 0 Å². The van der Waals surface area contributed by atoms with Crippen LogP contribution in [0.15, 0.2) is 75.7 Å². The summed E-state index contributed by atoms with van der Waals surface area (Å²) in [7, 11) is 0. The number of fused-ring (bicyclic) bond motifs is 2. The minimum absolute atomic E-state index is 0.00521. The van der Waals surface area contributed by atoms with Gasteiger partial charge < -0.3 is 18.9 Å². The average molecular weight is 525 g/mol. The third kappa shape index (κ3) is 4.63. The molecule has 0 radical (unpaired) electrons. The first-order valence-electron chi connectivity index (χ1n) is 13.1.